The lowest BCUT2D eigenvalue weighted by atomic mass is 9.97. The van der Waals surface area contributed by atoms with Crippen LogP contribution < -0.4 is 5.32 Å². The molecule has 0 fully saturated rings. The second-order valence-corrected chi connectivity index (χ2v) is 4.93. The van der Waals surface area contributed by atoms with Gasteiger partial charge in [0, 0.05) is 12.1 Å². The zero-order chi connectivity index (χ0) is 11.3. The fraction of sp³-hybridized carbons (Fsp3) is 0.571. The molecule has 1 aromatic carbocycles. The zero-order valence-corrected chi connectivity index (χ0v) is 11.6. The van der Waals surface area contributed by atoms with Crippen LogP contribution in [0.5, 0.6) is 0 Å². The first-order chi connectivity index (χ1) is 7.05. The first kappa shape index (κ1) is 15.5. The van der Waals surface area contributed by atoms with Gasteiger partial charge in [0.25, 0.3) is 0 Å². The van der Waals surface area contributed by atoms with Gasteiger partial charge in [0.1, 0.15) is 0 Å². The van der Waals surface area contributed by atoms with Crippen LogP contribution in [-0.2, 0) is 0 Å². The molecule has 1 rings (SSSR count). The molecule has 1 aromatic rings. The van der Waals surface area contributed by atoms with E-state index in [-0.39, 0.29) is 17.9 Å². The van der Waals surface area contributed by atoms with Crippen molar-refractivity contribution in [3.8, 4) is 0 Å². The lowest BCUT2D eigenvalue weighted by Crippen LogP contribution is -2.40. The molecule has 0 spiro atoms. The van der Waals surface area contributed by atoms with Gasteiger partial charge < -0.3 is 5.32 Å². The summed E-state index contributed by atoms with van der Waals surface area (Å²) in [6.07, 6.45) is 1.16. The molecule has 0 aliphatic rings. The van der Waals surface area contributed by atoms with Gasteiger partial charge in [-0.1, -0.05) is 44.2 Å². The molecule has 16 heavy (non-hydrogen) atoms. The lowest BCUT2D eigenvalue weighted by Gasteiger charge is -2.26. The molecule has 0 aromatic heterocycles. The molecule has 2 heteroatoms. The topological polar surface area (TPSA) is 12.0 Å². The van der Waals surface area contributed by atoms with Crippen molar-refractivity contribution in [2.24, 2.45) is 0 Å². The van der Waals surface area contributed by atoms with Gasteiger partial charge in [-0.05, 0) is 31.7 Å². The molecule has 92 valence electrons. The first-order valence-corrected chi connectivity index (χ1v) is 5.85. The van der Waals surface area contributed by atoms with Crippen molar-refractivity contribution >= 4 is 12.4 Å². The standard InChI is InChI=1S/C14H23N.ClH/c1-5-14(3,4)15-11-12(2)13-9-7-6-8-10-13;/h6-10,12,15H,5,11H2,1-4H3;1H. The van der Waals surface area contributed by atoms with E-state index in [1.807, 2.05) is 0 Å². The van der Waals surface area contributed by atoms with Crippen LogP contribution in [0.2, 0.25) is 0 Å². The molecule has 1 nitrogen and oxygen atoms in total. The van der Waals surface area contributed by atoms with Crippen molar-refractivity contribution in [3.05, 3.63) is 35.9 Å². The van der Waals surface area contributed by atoms with E-state index in [1.54, 1.807) is 0 Å². The minimum Gasteiger partial charge on any atom is -0.311 e. The Morgan fingerprint density at radius 1 is 1.19 bits per heavy atom. The maximum Gasteiger partial charge on any atom is 0.0122 e. The Bertz CT molecular complexity index is 282. The summed E-state index contributed by atoms with van der Waals surface area (Å²) >= 11 is 0. The molecular weight excluding hydrogens is 218 g/mol. The van der Waals surface area contributed by atoms with Gasteiger partial charge in [-0.15, -0.1) is 12.4 Å². The summed E-state index contributed by atoms with van der Waals surface area (Å²) in [5, 5.41) is 3.61. The van der Waals surface area contributed by atoms with E-state index in [9.17, 15) is 0 Å². The molecule has 1 unspecified atom stereocenters. The molecule has 0 radical (unpaired) electrons. The summed E-state index contributed by atoms with van der Waals surface area (Å²) in [4.78, 5) is 0. The van der Waals surface area contributed by atoms with Crippen LogP contribution in [0.4, 0.5) is 0 Å². The van der Waals surface area contributed by atoms with Gasteiger partial charge in [-0.25, -0.2) is 0 Å². The number of rotatable bonds is 5. The summed E-state index contributed by atoms with van der Waals surface area (Å²) in [5.41, 5.74) is 1.67. The van der Waals surface area contributed by atoms with Crippen LogP contribution in [0.1, 0.15) is 45.6 Å². The van der Waals surface area contributed by atoms with E-state index in [0.717, 1.165) is 13.0 Å². The Hall–Kier alpha value is -0.530. The highest BCUT2D eigenvalue weighted by Gasteiger charge is 2.15. The Morgan fingerprint density at radius 3 is 2.25 bits per heavy atom. The SMILES string of the molecule is CCC(C)(C)NCC(C)c1ccccc1.Cl. The van der Waals surface area contributed by atoms with E-state index in [4.69, 9.17) is 0 Å². The van der Waals surface area contributed by atoms with Gasteiger partial charge in [-0.3, -0.25) is 0 Å². The van der Waals surface area contributed by atoms with E-state index in [2.05, 4.69) is 63.3 Å². The maximum absolute atomic E-state index is 3.61. The Morgan fingerprint density at radius 2 is 1.75 bits per heavy atom. The van der Waals surface area contributed by atoms with Crippen LogP contribution >= 0.6 is 12.4 Å². The third-order valence-corrected chi connectivity index (χ3v) is 3.14. The average molecular weight is 242 g/mol. The van der Waals surface area contributed by atoms with Crippen molar-refractivity contribution in [1.29, 1.82) is 0 Å². The fourth-order valence-electron chi connectivity index (χ4n) is 1.45. The highest BCUT2D eigenvalue weighted by Crippen LogP contribution is 2.15. The van der Waals surface area contributed by atoms with Gasteiger partial charge in [0.15, 0.2) is 0 Å². The third kappa shape index (κ3) is 5.00. The van der Waals surface area contributed by atoms with Crippen LogP contribution in [0, 0.1) is 0 Å². The van der Waals surface area contributed by atoms with Gasteiger partial charge >= 0.3 is 0 Å². The van der Waals surface area contributed by atoms with Crippen molar-refractivity contribution in [3.63, 3.8) is 0 Å². The molecule has 0 saturated heterocycles. The second kappa shape index (κ2) is 6.93. The minimum atomic E-state index is 0. The van der Waals surface area contributed by atoms with Crippen molar-refractivity contribution in [2.45, 2.75) is 45.6 Å². The lowest BCUT2D eigenvalue weighted by molar-refractivity contribution is 0.367. The maximum atomic E-state index is 3.61. The summed E-state index contributed by atoms with van der Waals surface area (Å²) in [7, 11) is 0. The van der Waals surface area contributed by atoms with Crippen molar-refractivity contribution in [2.75, 3.05) is 6.54 Å². The molecule has 1 N–H and O–H groups in total. The van der Waals surface area contributed by atoms with E-state index in [0.29, 0.717) is 5.92 Å². The number of nitrogens with one attached hydrogen (secondary N) is 1. The van der Waals surface area contributed by atoms with Gasteiger partial charge in [0.05, 0.1) is 0 Å². The second-order valence-electron chi connectivity index (χ2n) is 4.93. The zero-order valence-electron chi connectivity index (χ0n) is 10.8. The van der Waals surface area contributed by atoms with Crippen LogP contribution in [0.15, 0.2) is 30.3 Å². The number of hydrogen-bond donors (Lipinski definition) is 1. The highest BCUT2D eigenvalue weighted by molar-refractivity contribution is 5.85. The van der Waals surface area contributed by atoms with E-state index in [1.165, 1.54) is 5.56 Å². The average Bonchev–Trinajstić information content (AvgIpc) is 2.27. The molecular formula is C14H24ClN. The largest absolute Gasteiger partial charge is 0.311 e. The molecule has 0 saturated carbocycles. The molecule has 0 bridgehead atoms. The number of halogens is 1. The van der Waals surface area contributed by atoms with Crippen molar-refractivity contribution in [1.82, 2.24) is 5.32 Å². The summed E-state index contributed by atoms with van der Waals surface area (Å²) < 4.78 is 0. The number of benzene rings is 1. The summed E-state index contributed by atoms with van der Waals surface area (Å²) in [5.74, 6) is 0.581. The summed E-state index contributed by atoms with van der Waals surface area (Å²) in [6, 6.07) is 10.7. The van der Waals surface area contributed by atoms with Gasteiger partial charge in [-0.2, -0.15) is 0 Å². The van der Waals surface area contributed by atoms with Crippen LogP contribution in [-0.4, -0.2) is 12.1 Å². The predicted molar refractivity (Wildman–Crippen MR) is 74.5 cm³/mol. The smallest absolute Gasteiger partial charge is 0.0122 e. The number of hydrogen-bond acceptors (Lipinski definition) is 1. The summed E-state index contributed by atoms with van der Waals surface area (Å²) in [6.45, 7) is 10.1. The van der Waals surface area contributed by atoms with Crippen LogP contribution in [0.3, 0.4) is 0 Å². The first-order valence-electron chi connectivity index (χ1n) is 5.85. The molecule has 0 aliphatic heterocycles. The minimum absolute atomic E-state index is 0. The Balaban J connectivity index is 0.00000225. The quantitative estimate of drug-likeness (QED) is 0.822. The molecule has 0 heterocycles. The van der Waals surface area contributed by atoms with Crippen LogP contribution in [0.25, 0.3) is 0 Å². The Labute approximate surface area is 106 Å². The molecule has 0 amide bonds. The molecule has 0 aliphatic carbocycles. The third-order valence-electron chi connectivity index (χ3n) is 3.14. The highest BCUT2D eigenvalue weighted by atomic mass is 35.5. The van der Waals surface area contributed by atoms with Gasteiger partial charge in [0.2, 0.25) is 0 Å². The predicted octanol–water partition coefficient (Wildman–Crippen LogP) is 3.99. The molecule has 1 atom stereocenters. The van der Waals surface area contributed by atoms with E-state index < -0.39 is 0 Å². The Kier molecular flexibility index (Phi) is 6.70. The monoisotopic (exact) mass is 241 g/mol. The fourth-order valence-corrected chi connectivity index (χ4v) is 1.45. The normalized spacial score (nSPS) is 13.0. The van der Waals surface area contributed by atoms with Crippen molar-refractivity contribution < 1.29 is 0 Å². The van der Waals surface area contributed by atoms with E-state index >= 15 is 0 Å².